The van der Waals surface area contributed by atoms with Crippen molar-refractivity contribution in [2.45, 2.75) is 37.8 Å². The summed E-state index contributed by atoms with van der Waals surface area (Å²) in [6.07, 6.45) is -5.47. The summed E-state index contributed by atoms with van der Waals surface area (Å²) in [4.78, 5) is 4.04. The monoisotopic (exact) mass is 467 g/mol. The number of pyridine rings is 1. The molecule has 33 heavy (non-hydrogen) atoms. The second-order valence-corrected chi connectivity index (χ2v) is 7.37. The van der Waals surface area contributed by atoms with Crippen molar-refractivity contribution in [3.8, 4) is 16.9 Å². The van der Waals surface area contributed by atoms with E-state index >= 15 is 0 Å². The molecule has 0 bridgehead atoms. The minimum Gasteiger partial charge on any atom is -0.406 e. The number of rotatable bonds is 7. The molecule has 0 saturated heterocycles. The normalized spacial score (nSPS) is 14.7. The van der Waals surface area contributed by atoms with Crippen LogP contribution < -0.4 is 4.74 Å². The molecule has 4 aromatic rings. The second kappa shape index (κ2) is 7.76. The highest BCUT2D eigenvalue weighted by molar-refractivity contribution is 5.65. The molecule has 1 aromatic carbocycles. The lowest BCUT2D eigenvalue weighted by Gasteiger charge is -2.14. The number of aromatic nitrogens is 5. The van der Waals surface area contributed by atoms with Gasteiger partial charge in [-0.1, -0.05) is 17.3 Å². The maximum atomic E-state index is 14.8. The summed E-state index contributed by atoms with van der Waals surface area (Å²) in [7, 11) is 0. The highest BCUT2D eigenvalue weighted by Crippen LogP contribution is 2.39. The van der Waals surface area contributed by atoms with Crippen LogP contribution in [0.5, 0.6) is 5.75 Å². The number of ether oxygens (including phenoxy) is 2. The van der Waals surface area contributed by atoms with E-state index < -0.39 is 30.7 Å². The first-order valence-corrected chi connectivity index (χ1v) is 9.74. The molecule has 5 rings (SSSR count). The van der Waals surface area contributed by atoms with Crippen molar-refractivity contribution in [1.82, 2.24) is 24.7 Å². The summed E-state index contributed by atoms with van der Waals surface area (Å²) in [5.74, 6) is -0.598. The molecule has 8 nitrogen and oxygen atoms in total. The molecule has 0 amide bonds. The molecule has 3 heterocycles. The zero-order valence-electron chi connectivity index (χ0n) is 16.6. The van der Waals surface area contributed by atoms with Crippen LogP contribution in [0.2, 0.25) is 0 Å². The standard InChI is InChI=1S/C20H14F5N5O3/c21-19(22,31-10-15-26-17(33-29-15)12-1-2-12)18-28-27-16-8-5-13(9-30(16)18)11-3-6-14(7-4-11)32-20(23,24)25/h3-9,12H,1-2,10H2. The Morgan fingerprint density at radius 1 is 0.970 bits per heavy atom. The van der Waals surface area contributed by atoms with E-state index in [9.17, 15) is 22.0 Å². The van der Waals surface area contributed by atoms with Gasteiger partial charge in [-0.05, 0) is 48.2 Å². The Bertz CT molecular complexity index is 1280. The molecule has 0 radical (unpaired) electrons. The summed E-state index contributed by atoms with van der Waals surface area (Å²) >= 11 is 0. The van der Waals surface area contributed by atoms with Crippen LogP contribution in [0, 0.1) is 0 Å². The molecule has 0 unspecified atom stereocenters. The number of fused-ring (bicyclic) bond motifs is 1. The zero-order chi connectivity index (χ0) is 23.2. The Balaban J connectivity index is 1.36. The molecule has 1 aliphatic carbocycles. The van der Waals surface area contributed by atoms with Crippen LogP contribution in [-0.2, 0) is 17.5 Å². The van der Waals surface area contributed by atoms with Crippen molar-refractivity contribution in [1.29, 1.82) is 0 Å². The van der Waals surface area contributed by atoms with Crippen molar-refractivity contribution in [3.63, 3.8) is 0 Å². The largest absolute Gasteiger partial charge is 0.573 e. The van der Waals surface area contributed by atoms with E-state index in [2.05, 4.69) is 25.1 Å². The van der Waals surface area contributed by atoms with Crippen LogP contribution in [0.4, 0.5) is 22.0 Å². The second-order valence-electron chi connectivity index (χ2n) is 7.37. The fourth-order valence-corrected chi connectivity index (χ4v) is 3.15. The van der Waals surface area contributed by atoms with Gasteiger partial charge in [-0.2, -0.15) is 13.8 Å². The van der Waals surface area contributed by atoms with E-state index in [1.165, 1.54) is 24.4 Å². The maximum Gasteiger partial charge on any atom is 0.573 e. The predicted molar refractivity (Wildman–Crippen MR) is 100 cm³/mol. The Labute approximate surface area is 181 Å². The van der Waals surface area contributed by atoms with Gasteiger partial charge in [0.2, 0.25) is 11.7 Å². The number of benzene rings is 1. The molecule has 0 aliphatic heterocycles. The molecule has 1 fully saturated rings. The molecule has 3 aromatic heterocycles. The van der Waals surface area contributed by atoms with E-state index in [0.29, 0.717) is 17.0 Å². The van der Waals surface area contributed by atoms with Crippen LogP contribution in [-0.4, -0.2) is 31.1 Å². The fourth-order valence-electron chi connectivity index (χ4n) is 3.15. The average molecular weight is 467 g/mol. The maximum absolute atomic E-state index is 14.8. The smallest absolute Gasteiger partial charge is 0.406 e. The number of halogens is 5. The number of alkyl halides is 5. The molecular formula is C20H14F5N5O3. The summed E-state index contributed by atoms with van der Waals surface area (Å²) in [5, 5.41) is 10.9. The molecule has 13 heteroatoms. The molecule has 0 N–H and O–H groups in total. The van der Waals surface area contributed by atoms with E-state index in [-0.39, 0.29) is 17.4 Å². The highest BCUT2D eigenvalue weighted by atomic mass is 19.4. The third kappa shape index (κ3) is 4.62. The van der Waals surface area contributed by atoms with E-state index in [0.717, 1.165) is 29.4 Å². The number of hydrogen-bond acceptors (Lipinski definition) is 7. The summed E-state index contributed by atoms with van der Waals surface area (Å²) in [6.45, 7) is -0.599. The van der Waals surface area contributed by atoms with Crippen molar-refractivity contribution in [2.24, 2.45) is 0 Å². The van der Waals surface area contributed by atoms with Gasteiger partial charge in [0.05, 0.1) is 0 Å². The van der Waals surface area contributed by atoms with Gasteiger partial charge in [-0.25, -0.2) is 0 Å². The molecule has 1 aliphatic rings. The average Bonchev–Trinajstić information content (AvgIpc) is 3.34. The summed E-state index contributed by atoms with van der Waals surface area (Å²) in [5.41, 5.74) is 1.03. The SMILES string of the molecule is FC(F)(F)Oc1ccc(-c2ccc3nnc(C(F)(F)OCc4noc(C5CC5)n4)n3c2)cc1. The molecule has 1 saturated carbocycles. The van der Waals surface area contributed by atoms with Crippen molar-refractivity contribution < 1.29 is 35.9 Å². The van der Waals surface area contributed by atoms with Gasteiger partial charge in [-0.15, -0.1) is 23.4 Å². The van der Waals surface area contributed by atoms with Gasteiger partial charge in [0.25, 0.3) is 0 Å². The first-order valence-electron chi connectivity index (χ1n) is 9.74. The summed E-state index contributed by atoms with van der Waals surface area (Å²) < 4.78 is 81.2. The van der Waals surface area contributed by atoms with Crippen molar-refractivity contribution in [3.05, 3.63) is 60.1 Å². The lowest BCUT2D eigenvalue weighted by Crippen LogP contribution is -2.22. The van der Waals surface area contributed by atoms with E-state index in [4.69, 9.17) is 9.26 Å². The Hall–Kier alpha value is -3.61. The quantitative estimate of drug-likeness (QED) is 0.360. The Morgan fingerprint density at radius 3 is 2.39 bits per heavy atom. The third-order valence-corrected chi connectivity index (χ3v) is 4.88. The van der Waals surface area contributed by atoms with Gasteiger partial charge < -0.3 is 14.0 Å². The Kier molecular flexibility index (Phi) is 5.00. The van der Waals surface area contributed by atoms with Crippen LogP contribution in [0.1, 0.15) is 36.3 Å². The van der Waals surface area contributed by atoms with Gasteiger partial charge in [0.1, 0.15) is 12.4 Å². The molecule has 172 valence electrons. The molecule has 0 atom stereocenters. The van der Waals surface area contributed by atoms with Gasteiger partial charge >= 0.3 is 12.5 Å². The minimum absolute atomic E-state index is 0.00718. The van der Waals surface area contributed by atoms with Crippen LogP contribution in [0.25, 0.3) is 16.8 Å². The highest BCUT2D eigenvalue weighted by Gasteiger charge is 2.40. The lowest BCUT2D eigenvalue weighted by atomic mass is 10.1. The minimum atomic E-state index is -4.82. The molecular weight excluding hydrogens is 453 g/mol. The predicted octanol–water partition coefficient (Wildman–Crippen LogP) is 4.82. The molecule has 0 spiro atoms. The third-order valence-electron chi connectivity index (χ3n) is 4.88. The van der Waals surface area contributed by atoms with Crippen LogP contribution in [0.15, 0.2) is 47.1 Å². The van der Waals surface area contributed by atoms with Gasteiger partial charge in [-0.3, -0.25) is 4.40 Å². The lowest BCUT2D eigenvalue weighted by molar-refractivity contribution is -0.274. The first kappa shape index (κ1) is 21.2. The number of nitrogens with zero attached hydrogens (tertiary/aromatic N) is 5. The Morgan fingerprint density at radius 2 is 1.70 bits per heavy atom. The van der Waals surface area contributed by atoms with Gasteiger partial charge in [0, 0.05) is 12.1 Å². The first-order chi connectivity index (χ1) is 15.7. The zero-order valence-corrected chi connectivity index (χ0v) is 16.6. The van der Waals surface area contributed by atoms with Crippen molar-refractivity contribution >= 4 is 5.65 Å². The van der Waals surface area contributed by atoms with E-state index in [1.807, 2.05) is 0 Å². The van der Waals surface area contributed by atoms with Crippen LogP contribution in [0.3, 0.4) is 0 Å². The summed E-state index contributed by atoms with van der Waals surface area (Å²) in [6, 6.07) is 8.01. The topological polar surface area (TPSA) is 87.6 Å². The van der Waals surface area contributed by atoms with E-state index in [1.54, 1.807) is 6.07 Å². The van der Waals surface area contributed by atoms with Crippen molar-refractivity contribution in [2.75, 3.05) is 0 Å². The number of hydrogen-bond donors (Lipinski definition) is 0. The van der Waals surface area contributed by atoms with Gasteiger partial charge in [0.15, 0.2) is 11.5 Å². The fraction of sp³-hybridized carbons (Fsp3) is 0.300. The van der Waals surface area contributed by atoms with Crippen LogP contribution >= 0.6 is 0 Å².